The summed E-state index contributed by atoms with van der Waals surface area (Å²) in [5.41, 5.74) is 1.99. The Balaban J connectivity index is 2.24. The van der Waals surface area contributed by atoms with Crippen LogP contribution in [0.15, 0.2) is 22.7 Å². The maximum atomic E-state index is 6.15. The molecule has 0 amide bonds. The lowest BCUT2D eigenvalue weighted by molar-refractivity contribution is -0.0662. The summed E-state index contributed by atoms with van der Waals surface area (Å²) in [7, 11) is 1.72. The van der Waals surface area contributed by atoms with Gasteiger partial charge in [-0.1, -0.05) is 22.0 Å². The number of hydrogen-bond acceptors (Lipinski definition) is 3. The summed E-state index contributed by atoms with van der Waals surface area (Å²) in [6.07, 6.45) is 0.985. The van der Waals surface area contributed by atoms with Gasteiger partial charge >= 0.3 is 0 Å². The van der Waals surface area contributed by atoms with Crippen molar-refractivity contribution in [2.75, 3.05) is 12.4 Å². The van der Waals surface area contributed by atoms with Gasteiger partial charge in [0, 0.05) is 22.8 Å². The third kappa shape index (κ3) is 3.35. The fourth-order valence-electron chi connectivity index (χ4n) is 2.96. The Hall–Kier alpha value is -0.580. The highest BCUT2D eigenvalue weighted by atomic mass is 79.9. The van der Waals surface area contributed by atoms with Crippen LogP contribution in [0, 0.1) is 0 Å². The quantitative estimate of drug-likeness (QED) is 0.882. The molecular weight excluding hydrogens is 318 g/mol. The Morgan fingerprint density at radius 3 is 2.60 bits per heavy atom. The summed E-state index contributed by atoms with van der Waals surface area (Å²) in [6.45, 7) is 9.17. The lowest BCUT2D eigenvalue weighted by Crippen LogP contribution is -2.38. The van der Waals surface area contributed by atoms with Gasteiger partial charge in [-0.25, -0.2) is 0 Å². The minimum atomic E-state index is -0.184. The highest BCUT2D eigenvalue weighted by Crippen LogP contribution is 2.39. The van der Waals surface area contributed by atoms with Crippen LogP contribution >= 0.6 is 15.9 Å². The molecule has 1 N–H and O–H groups in total. The van der Waals surface area contributed by atoms with Crippen molar-refractivity contribution in [3.05, 3.63) is 28.2 Å². The van der Waals surface area contributed by atoms with Crippen molar-refractivity contribution in [1.29, 1.82) is 0 Å². The Morgan fingerprint density at radius 2 is 2.05 bits per heavy atom. The molecule has 0 bridgehead atoms. The van der Waals surface area contributed by atoms with Crippen LogP contribution < -0.4 is 5.32 Å². The minimum Gasteiger partial charge on any atom is -0.380 e. The SMILES string of the molecule is COCc1c(Br)cccc1NC1CC(C)(C)OC1(C)C. The first kappa shape index (κ1) is 15.8. The molecule has 3 nitrogen and oxygen atoms in total. The van der Waals surface area contributed by atoms with E-state index in [1.54, 1.807) is 7.11 Å². The molecule has 1 saturated heterocycles. The molecule has 4 heteroatoms. The molecule has 0 saturated carbocycles. The monoisotopic (exact) mass is 341 g/mol. The van der Waals surface area contributed by atoms with Crippen LogP contribution in [0.5, 0.6) is 0 Å². The van der Waals surface area contributed by atoms with Crippen molar-refractivity contribution in [3.63, 3.8) is 0 Å². The van der Waals surface area contributed by atoms with Gasteiger partial charge in [0.25, 0.3) is 0 Å². The van der Waals surface area contributed by atoms with Crippen LogP contribution in [0.1, 0.15) is 39.7 Å². The molecule has 2 rings (SSSR count). The summed E-state index contributed by atoms with van der Waals surface area (Å²) in [5.74, 6) is 0. The number of hydrogen-bond donors (Lipinski definition) is 1. The number of nitrogens with one attached hydrogen (secondary N) is 1. The molecule has 1 heterocycles. The normalized spacial score (nSPS) is 23.8. The molecule has 0 spiro atoms. The predicted molar refractivity (Wildman–Crippen MR) is 86.1 cm³/mol. The predicted octanol–water partition coefficient (Wildman–Crippen LogP) is 4.35. The van der Waals surface area contributed by atoms with E-state index in [9.17, 15) is 0 Å². The lowest BCUT2D eigenvalue weighted by atomic mass is 9.94. The standard InChI is InChI=1S/C16H24BrNO2/c1-15(2)9-14(16(3,4)20-15)18-13-8-6-7-12(17)11(13)10-19-5/h6-8,14,18H,9-10H2,1-5H3. The molecule has 1 aromatic rings. The van der Waals surface area contributed by atoms with Gasteiger partial charge in [-0.3, -0.25) is 0 Å². The average molecular weight is 342 g/mol. The van der Waals surface area contributed by atoms with E-state index in [0.717, 1.165) is 22.1 Å². The van der Waals surface area contributed by atoms with E-state index in [0.29, 0.717) is 6.61 Å². The van der Waals surface area contributed by atoms with Crippen LogP contribution in [-0.2, 0) is 16.1 Å². The van der Waals surface area contributed by atoms with E-state index in [1.165, 1.54) is 0 Å². The lowest BCUT2D eigenvalue weighted by Gasteiger charge is -2.29. The van der Waals surface area contributed by atoms with E-state index in [4.69, 9.17) is 9.47 Å². The van der Waals surface area contributed by atoms with Crippen LogP contribution in [0.25, 0.3) is 0 Å². The zero-order valence-corrected chi connectivity index (χ0v) is 14.5. The molecule has 112 valence electrons. The maximum Gasteiger partial charge on any atom is 0.0834 e. The number of benzene rings is 1. The zero-order valence-electron chi connectivity index (χ0n) is 12.9. The number of halogens is 1. The van der Waals surface area contributed by atoms with Gasteiger partial charge in [-0.15, -0.1) is 0 Å². The van der Waals surface area contributed by atoms with E-state index in [-0.39, 0.29) is 17.2 Å². The summed E-state index contributed by atoms with van der Waals surface area (Å²) < 4.78 is 12.5. The van der Waals surface area contributed by atoms with E-state index >= 15 is 0 Å². The van der Waals surface area contributed by atoms with Gasteiger partial charge in [-0.05, 0) is 46.2 Å². The van der Waals surface area contributed by atoms with Crippen molar-refractivity contribution in [2.24, 2.45) is 0 Å². The third-order valence-corrected chi connectivity index (χ3v) is 4.55. The van der Waals surface area contributed by atoms with Crippen LogP contribution in [-0.4, -0.2) is 24.4 Å². The van der Waals surface area contributed by atoms with Gasteiger partial charge in [0.2, 0.25) is 0 Å². The number of anilines is 1. The number of rotatable bonds is 4. The highest BCUT2D eigenvalue weighted by molar-refractivity contribution is 9.10. The van der Waals surface area contributed by atoms with Crippen molar-refractivity contribution < 1.29 is 9.47 Å². The molecule has 1 fully saturated rings. The molecule has 0 radical (unpaired) electrons. The minimum absolute atomic E-state index is 0.0887. The van der Waals surface area contributed by atoms with Crippen molar-refractivity contribution in [2.45, 2.75) is 58.0 Å². The Labute approximate surface area is 130 Å². The van der Waals surface area contributed by atoms with Crippen molar-refractivity contribution in [3.8, 4) is 0 Å². The van der Waals surface area contributed by atoms with Crippen LogP contribution in [0.2, 0.25) is 0 Å². The highest BCUT2D eigenvalue weighted by Gasteiger charge is 2.45. The topological polar surface area (TPSA) is 30.5 Å². The molecule has 1 aliphatic heterocycles. The van der Waals surface area contributed by atoms with Crippen molar-refractivity contribution >= 4 is 21.6 Å². The molecule has 1 atom stereocenters. The number of ether oxygens (including phenoxy) is 2. The second kappa shape index (κ2) is 5.66. The summed E-state index contributed by atoms with van der Waals surface area (Å²) in [4.78, 5) is 0. The summed E-state index contributed by atoms with van der Waals surface area (Å²) in [5, 5.41) is 3.65. The fraction of sp³-hybridized carbons (Fsp3) is 0.625. The third-order valence-electron chi connectivity index (χ3n) is 3.81. The molecule has 1 aromatic carbocycles. The second-order valence-electron chi connectivity index (χ2n) is 6.57. The van der Waals surface area contributed by atoms with E-state index in [2.05, 4.69) is 55.0 Å². The smallest absolute Gasteiger partial charge is 0.0834 e. The second-order valence-corrected chi connectivity index (χ2v) is 7.42. The first-order chi connectivity index (χ1) is 9.25. The zero-order chi connectivity index (χ0) is 15.0. The first-order valence-corrected chi connectivity index (χ1v) is 7.77. The van der Waals surface area contributed by atoms with Gasteiger partial charge in [0.05, 0.1) is 23.9 Å². The average Bonchev–Trinajstić information content (AvgIpc) is 2.51. The van der Waals surface area contributed by atoms with Crippen LogP contribution in [0.3, 0.4) is 0 Å². The van der Waals surface area contributed by atoms with Crippen LogP contribution in [0.4, 0.5) is 5.69 Å². The molecule has 1 aliphatic rings. The van der Waals surface area contributed by atoms with Crippen molar-refractivity contribution in [1.82, 2.24) is 0 Å². The summed E-state index contributed by atoms with van der Waals surface area (Å²) >= 11 is 3.60. The van der Waals surface area contributed by atoms with Gasteiger partial charge in [0.15, 0.2) is 0 Å². The molecule has 0 aromatic heterocycles. The summed E-state index contributed by atoms with van der Waals surface area (Å²) in [6, 6.07) is 6.46. The van der Waals surface area contributed by atoms with Gasteiger partial charge in [0.1, 0.15) is 0 Å². The molecule has 1 unspecified atom stereocenters. The number of methoxy groups -OCH3 is 1. The fourth-order valence-corrected chi connectivity index (χ4v) is 3.44. The first-order valence-electron chi connectivity index (χ1n) is 6.98. The van der Waals surface area contributed by atoms with E-state index in [1.807, 2.05) is 12.1 Å². The van der Waals surface area contributed by atoms with Gasteiger partial charge < -0.3 is 14.8 Å². The largest absolute Gasteiger partial charge is 0.380 e. The molecule has 20 heavy (non-hydrogen) atoms. The Kier molecular flexibility index (Phi) is 4.47. The molecular formula is C16H24BrNO2. The van der Waals surface area contributed by atoms with E-state index < -0.39 is 0 Å². The van der Waals surface area contributed by atoms with Gasteiger partial charge in [-0.2, -0.15) is 0 Å². The maximum absolute atomic E-state index is 6.15. The Morgan fingerprint density at radius 1 is 1.35 bits per heavy atom. The Bertz CT molecular complexity index is 485. The molecule has 0 aliphatic carbocycles.